The van der Waals surface area contributed by atoms with Crippen LogP contribution >= 0.6 is 0 Å². The van der Waals surface area contributed by atoms with E-state index in [0.717, 1.165) is 30.0 Å². The molecule has 0 amide bonds. The van der Waals surface area contributed by atoms with E-state index in [1.807, 2.05) is 24.3 Å². The molecule has 156 valence electrons. The number of pyridine rings is 1. The summed E-state index contributed by atoms with van der Waals surface area (Å²) in [5.41, 5.74) is 2.67. The lowest BCUT2D eigenvalue weighted by atomic mass is 10.2. The molecule has 3 aromatic rings. The highest BCUT2D eigenvalue weighted by Gasteiger charge is 2.21. The molecule has 0 aliphatic rings. The van der Waals surface area contributed by atoms with E-state index in [2.05, 4.69) is 35.3 Å². The zero-order chi connectivity index (χ0) is 21.2. The quantitative estimate of drug-likeness (QED) is 0.565. The second kappa shape index (κ2) is 8.61. The number of nitrogens with zero attached hydrogens (tertiary/aromatic N) is 5. The minimum Gasteiger partial charge on any atom is -0.327 e. The van der Waals surface area contributed by atoms with Crippen molar-refractivity contribution in [3.63, 3.8) is 0 Å². The third kappa shape index (κ3) is 4.34. The molecule has 0 saturated carbocycles. The highest BCUT2D eigenvalue weighted by Crippen LogP contribution is 2.25. The first-order valence-corrected chi connectivity index (χ1v) is 11.2. The lowest BCUT2D eigenvalue weighted by Gasteiger charge is -2.24. The van der Waals surface area contributed by atoms with Crippen molar-refractivity contribution in [2.24, 2.45) is 0 Å². The number of hydrogen-bond donors (Lipinski definition) is 0. The third-order valence-electron chi connectivity index (χ3n) is 5.19. The number of sulfonamides is 1. The van der Waals surface area contributed by atoms with E-state index in [1.54, 1.807) is 18.3 Å². The average Bonchev–Trinajstić information content (AvgIpc) is 3.04. The van der Waals surface area contributed by atoms with Gasteiger partial charge in [-0.15, -0.1) is 0 Å². The highest BCUT2D eigenvalue weighted by atomic mass is 32.2. The minimum absolute atomic E-state index is 0.135. The molecule has 0 aliphatic heterocycles. The Balaban J connectivity index is 1.97. The summed E-state index contributed by atoms with van der Waals surface area (Å²) in [6.45, 7) is 5.72. The van der Waals surface area contributed by atoms with E-state index in [-0.39, 0.29) is 10.9 Å². The van der Waals surface area contributed by atoms with Gasteiger partial charge in [0.1, 0.15) is 5.82 Å². The topological polar surface area (TPSA) is 71.3 Å². The number of benzene rings is 1. The fourth-order valence-electron chi connectivity index (χ4n) is 3.33. The van der Waals surface area contributed by atoms with Crippen LogP contribution in [0.5, 0.6) is 0 Å². The van der Waals surface area contributed by atoms with Gasteiger partial charge in [0.05, 0.1) is 28.2 Å². The van der Waals surface area contributed by atoms with Gasteiger partial charge in [0.25, 0.3) is 0 Å². The van der Waals surface area contributed by atoms with Crippen LogP contribution < -0.4 is 0 Å². The molecule has 1 unspecified atom stereocenters. The van der Waals surface area contributed by atoms with Gasteiger partial charge in [-0.25, -0.2) is 17.7 Å². The van der Waals surface area contributed by atoms with E-state index in [9.17, 15) is 8.42 Å². The second-order valence-electron chi connectivity index (χ2n) is 7.46. The van der Waals surface area contributed by atoms with Crippen LogP contribution in [-0.4, -0.2) is 53.3 Å². The van der Waals surface area contributed by atoms with Gasteiger partial charge in [-0.2, -0.15) is 0 Å². The molecule has 0 aliphatic carbocycles. The summed E-state index contributed by atoms with van der Waals surface area (Å²) >= 11 is 0. The van der Waals surface area contributed by atoms with Crippen molar-refractivity contribution >= 4 is 21.1 Å². The molecular weight excluding hydrogens is 386 g/mol. The first kappa shape index (κ1) is 21.4. The van der Waals surface area contributed by atoms with Gasteiger partial charge in [0, 0.05) is 32.9 Å². The van der Waals surface area contributed by atoms with Gasteiger partial charge in [0.2, 0.25) is 10.0 Å². The van der Waals surface area contributed by atoms with E-state index >= 15 is 0 Å². The van der Waals surface area contributed by atoms with Crippen molar-refractivity contribution in [3.8, 4) is 0 Å². The fraction of sp³-hybridized carbons (Fsp3) is 0.429. The van der Waals surface area contributed by atoms with Crippen molar-refractivity contribution < 1.29 is 8.42 Å². The zero-order valence-corrected chi connectivity index (χ0v) is 18.5. The predicted molar refractivity (Wildman–Crippen MR) is 115 cm³/mol. The maximum atomic E-state index is 12.5. The van der Waals surface area contributed by atoms with Gasteiger partial charge in [0.15, 0.2) is 0 Å². The molecule has 0 saturated heterocycles. The maximum Gasteiger partial charge on any atom is 0.242 e. The van der Waals surface area contributed by atoms with Crippen LogP contribution in [0.4, 0.5) is 0 Å². The normalized spacial score (nSPS) is 13.5. The van der Waals surface area contributed by atoms with Gasteiger partial charge in [-0.3, -0.25) is 9.88 Å². The summed E-state index contributed by atoms with van der Waals surface area (Å²) in [4.78, 5) is 11.7. The molecule has 0 radical (unpaired) electrons. The molecular formula is C21H29N5O2S. The molecule has 0 bridgehead atoms. The van der Waals surface area contributed by atoms with Crippen LogP contribution in [0, 0.1) is 0 Å². The molecule has 29 heavy (non-hydrogen) atoms. The Kier molecular flexibility index (Phi) is 6.36. The average molecular weight is 416 g/mol. The van der Waals surface area contributed by atoms with Gasteiger partial charge >= 0.3 is 0 Å². The molecule has 7 nitrogen and oxygen atoms in total. The monoisotopic (exact) mass is 415 g/mol. The molecule has 1 aromatic carbocycles. The van der Waals surface area contributed by atoms with Gasteiger partial charge in [-0.05, 0) is 50.7 Å². The fourth-order valence-corrected chi connectivity index (χ4v) is 4.26. The number of aromatic nitrogens is 3. The van der Waals surface area contributed by atoms with E-state index < -0.39 is 10.0 Å². The van der Waals surface area contributed by atoms with Crippen LogP contribution in [0.15, 0.2) is 47.5 Å². The van der Waals surface area contributed by atoms with Crippen LogP contribution in [0.2, 0.25) is 0 Å². The Hall–Kier alpha value is -2.29. The van der Waals surface area contributed by atoms with E-state index in [0.29, 0.717) is 12.1 Å². The van der Waals surface area contributed by atoms with E-state index in [1.165, 1.54) is 18.4 Å². The SMILES string of the molecule is CCCn1c(CN(C)C(C)c2ccccn2)nc2cc(S(=O)(=O)N(C)C)ccc21. The lowest BCUT2D eigenvalue weighted by molar-refractivity contribution is 0.239. The summed E-state index contributed by atoms with van der Waals surface area (Å²) in [6.07, 6.45) is 2.77. The van der Waals surface area contributed by atoms with Gasteiger partial charge in [-0.1, -0.05) is 13.0 Å². The first-order chi connectivity index (χ1) is 13.8. The Bertz CT molecular complexity index is 1080. The Morgan fingerprint density at radius 2 is 1.90 bits per heavy atom. The molecule has 0 N–H and O–H groups in total. The molecule has 3 rings (SSSR count). The number of aryl methyl sites for hydroxylation is 1. The zero-order valence-electron chi connectivity index (χ0n) is 17.7. The van der Waals surface area contributed by atoms with E-state index in [4.69, 9.17) is 4.98 Å². The Morgan fingerprint density at radius 1 is 1.14 bits per heavy atom. The van der Waals surface area contributed by atoms with Crippen molar-refractivity contribution in [2.45, 2.75) is 44.3 Å². The number of rotatable bonds is 8. The lowest BCUT2D eigenvalue weighted by Crippen LogP contribution is -2.24. The molecule has 0 spiro atoms. The minimum atomic E-state index is -3.49. The summed E-state index contributed by atoms with van der Waals surface area (Å²) in [7, 11) is 1.63. The van der Waals surface area contributed by atoms with Crippen molar-refractivity contribution in [1.29, 1.82) is 0 Å². The standard InChI is InChI=1S/C21H29N5O2S/c1-6-13-26-20-11-10-17(29(27,28)24(3)4)14-19(20)23-21(26)15-25(5)16(2)18-9-7-8-12-22-18/h7-12,14,16H,6,13,15H2,1-5H3. The Labute approximate surface area is 173 Å². The maximum absolute atomic E-state index is 12.5. The van der Waals surface area contributed by atoms with Crippen LogP contribution in [-0.2, 0) is 23.1 Å². The largest absolute Gasteiger partial charge is 0.327 e. The molecule has 8 heteroatoms. The van der Waals surface area contributed by atoms with Crippen molar-refractivity contribution in [3.05, 3.63) is 54.1 Å². The number of hydrogen-bond acceptors (Lipinski definition) is 5. The van der Waals surface area contributed by atoms with Crippen LogP contribution in [0.3, 0.4) is 0 Å². The molecule has 2 aromatic heterocycles. The third-order valence-corrected chi connectivity index (χ3v) is 7.00. The summed E-state index contributed by atoms with van der Waals surface area (Å²) in [5.74, 6) is 0.923. The summed E-state index contributed by atoms with van der Waals surface area (Å²) in [6, 6.07) is 11.3. The van der Waals surface area contributed by atoms with Crippen molar-refractivity contribution in [1.82, 2.24) is 23.7 Å². The van der Waals surface area contributed by atoms with Crippen LogP contribution in [0.1, 0.15) is 37.8 Å². The summed E-state index contributed by atoms with van der Waals surface area (Å²) in [5, 5.41) is 0. The predicted octanol–water partition coefficient (Wildman–Crippen LogP) is 3.28. The molecule has 1 atom stereocenters. The molecule has 0 fully saturated rings. The smallest absolute Gasteiger partial charge is 0.242 e. The Morgan fingerprint density at radius 3 is 2.52 bits per heavy atom. The van der Waals surface area contributed by atoms with Crippen molar-refractivity contribution in [2.75, 3.05) is 21.1 Å². The highest BCUT2D eigenvalue weighted by molar-refractivity contribution is 7.89. The summed E-state index contributed by atoms with van der Waals surface area (Å²) < 4.78 is 28.4. The first-order valence-electron chi connectivity index (χ1n) is 9.78. The van der Waals surface area contributed by atoms with Crippen LogP contribution in [0.25, 0.3) is 11.0 Å². The second-order valence-corrected chi connectivity index (χ2v) is 9.62. The number of imidazole rings is 1. The van der Waals surface area contributed by atoms with Gasteiger partial charge < -0.3 is 4.57 Å². The molecule has 2 heterocycles. The number of fused-ring (bicyclic) bond motifs is 1.